The molecule has 0 saturated heterocycles. The monoisotopic (exact) mass is 300 g/mol. The van der Waals surface area contributed by atoms with Crippen molar-refractivity contribution >= 4 is 16.7 Å². The van der Waals surface area contributed by atoms with Gasteiger partial charge in [-0.1, -0.05) is 43.3 Å². The molecular formula is C18H20O4. The molecule has 2 atom stereocenters. The molecule has 0 amide bonds. The van der Waals surface area contributed by atoms with Crippen LogP contribution in [-0.4, -0.2) is 21.3 Å². The van der Waals surface area contributed by atoms with Gasteiger partial charge in [0, 0.05) is 11.5 Å². The quantitative estimate of drug-likeness (QED) is 0.712. The summed E-state index contributed by atoms with van der Waals surface area (Å²) in [6.07, 6.45) is 3.33. The molecule has 2 rings (SSSR count). The maximum atomic E-state index is 10.6. The van der Waals surface area contributed by atoms with Gasteiger partial charge in [0.25, 0.3) is 0 Å². The van der Waals surface area contributed by atoms with Gasteiger partial charge in [0.2, 0.25) is 0 Å². The van der Waals surface area contributed by atoms with Crippen LogP contribution in [0.4, 0.5) is 0 Å². The van der Waals surface area contributed by atoms with E-state index in [9.17, 15) is 15.0 Å². The second-order valence-electron chi connectivity index (χ2n) is 5.46. The summed E-state index contributed by atoms with van der Waals surface area (Å²) in [6.45, 7) is 1.93. The molecule has 0 aromatic heterocycles. The number of carboxylic acids is 1. The van der Waals surface area contributed by atoms with Crippen LogP contribution in [0.25, 0.3) is 10.8 Å². The van der Waals surface area contributed by atoms with Crippen molar-refractivity contribution in [2.24, 2.45) is 5.92 Å². The lowest BCUT2D eigenvalue weighted by Crippen LogP contribution is -2.09. The highest BCUT2D eigenvalue weighted by Crippen LogP contribution is 2.34. The highest BCUT2D eigenvalue weighted by molar-refractivity contribution is 5.91. The number of carboxylic acid groups (broad SMARTS) is 1. The standard InChI is InChI=1S/C18H20O4/c1-12(6-2-5-9-17(20)21)18(22)15-10-11-16(19)14-8-4-3-7-13(14)15/h3-5,7-12,18-19,22H,2,6H2,1H3,(H,20,21)/b9-5+/t12-,18-/m1/s1. The van der Waals surface area contributed by atoms with Crippen LogP contribution in [0, 0.1) is 5.92 Å². The number of allylic oxidation sites excluding steroid dienone is 1. The molecular weight excluding hydrogens is 280 g/mol. The fraction of sp³-hybridized carbons (Fsp3) is 0.278. The van der Waals surface area contributed by atoms with Crippen LogP contribution in [0.1, 0.15) is 31.4 Å². The molecule has 0 spiro atoms. The zero-order valence-electron chi connectivity index (χ0n) is 12.4. The molecule has 0 heterocycles. The van der Waals surface area contributed by atoms with Gasteiger partial charge in [-0.3, -0.25) is 0 Å². The molecule has 0 saturated carbocycles. The third kappa shape index (κ3) is 3.65. The first kappa shape index (κ1) is 16.0. The van der Waals surface area contributed by atoms with Gasteiger partial charge in [-0.2, -0.15) is 0 Å². The Bertz CT molecular complexity index is 691. The van der Waals surface area contributed by atoms with Crippen molar-refractivity contribution in [3.8, 4) is 5.75 Å². The number of aromatic hydroxyl groups is 1. The van der Waals surface area contributed by atoms with Crippen molar-refractivity contribution in [3.63, 3.8) is 0 Å². The van der Waals surface area contributed by atoms with Gasteiger partial charge in [-0.15, -0.1) is 0 Å². The molecule has 0 aliphatic rings. The number of hydrogen-bond acceptors (Lipinski definition) is 3. The Morgan fingerprint density at radius 1 is 1.18 bits per heavy atom. The molecule has 0 radical (unpaired) electrons. The van der Waals surface area contributed by atoms with E-state index >= 15 is 0 Å². The average Bonchev–Trinajstić information content (AvgIpc) is 2.51. The minimum Gasteiger partial charge on any atom is -0.507 e. The van der Waals surface area contributed by atoms with E-state index in [-0.39, 0.29) is 11.7 Å². The van der Waals surface area contributed by atoms with Crippen molar-refractivity contribution in [1.82, 2.24) is 0 Å². The number of phenolic OH excluding ortho intramolecular Hbond substituents is 1. The van der Waals surface area contributed by atoms with Crippen molar-refractivity contribution in [2.45, 2.75) is 25.9 Å². The normalized spacial score (nSPS) is 14.3. The number of rotatable bonds is 6. The smallest absolute Gasteiger partial charge is 0.327 e. The summed E-state index contributed by atoms with van der Waals surface area (Å²) in [6, 6.07) is 10.8. The third-order valence-electron chi connectivity index (χ3n) is 3.84. The molecule has 0 fully saturated rings. The summed E-state index contributed by atoms with van der Waals surface area (Å²) in [4.78, 5) is 10.4. The predicted octanol–water partition coefficient (Wildman–Crippen LogP) is 3.64. The summed E-state index contributed by atoms with van der Waals surface area (Å²) in [5.74, 6) is -0.785. The highest BCUT2D eigenvalue weighted by atomic mass is 16.4. The number of aliphatic carboxylic acids is 1. The van der Waals surface area contributed by atoms with Gasteiger partial charge in [0.1, 0.15) is 5.75 Å². The second kappa shape index (κ2) is 7.09. The van der Waals surface area contributed by atoms with Gasteiger partial charge in [0.05, 0.1) is 6.10 Å². The predicted molar refractivity (Wildman–Crippen MR) is 85.7 cm³/mol. The molecule has 0 aliphatic carbocycles. The number of aliphatic hydroxyl groups excluding tert-OH is 1. The number of aliphatic hydroxyl groups is 1. The first-order chi connectivity index (χ1) is 10.5. The van der Waals surface area contributed by atoms with Crippen molar-refractivity contribution in [3.05, 3.63) is 54.1 Å². The van der Waals surface area contributed by atoms with Crippen molar-refractivity contribution in [2.75, 3.05) is 0 Å². The van der Waals surface area contributed by atoms with Gasteiger partial charge in [0.15, 0.2) is 0 Å². The largest absolute Gasteiger partial charge is 0.507 e. The fourth-order valence-corrected chi connectivity index (χ4v) is 2.57. The number of hydrogen-bond donors (Lipinski definition) is 3. The summed E-state index contributed by atoms with van der Waals surface area (Å²) >= 11 is 0. The van der Waals surface area contributed by atoms with Crippen molar-refractivity contribution in [1.29, 1.82) is 0 Å². The lowest BCUT2D eigenvalue weighted by atomic mass is 9.90. The number of benzene rings is 2. The number of carbonyl (C=O) groups is 1. The lowest BCUT2D eigenvalue weighted by molar-refractivity contribution is -0.131. The van der Waals surface area contributed by atoms with Crippen LogP contribution >= 0.6 is 0 Å². The molecule has 0 bridgehead atoms. The summed E-state index contributed by atoms with van der Waals surface area (Å²) in [7, 11) is 0. The van der Waals surface area contributed by atoms with Crippen LogP contribution < -0.4 is 0 Å². The number of phenols is 1. The molecule has 4 heteroatoms. The molecule has 116 valence electrons. The van der Waals surface area contributed by atoms with Crippen LogP contribution in [0.5, 0.6) is 5.75 Å². The van der Waals surface area contributed by atoms with Crippen LogP contribution in [0.2, 0.25) is 0 Å². The molecule has 0 unspecified atom stereocenters. The topological polar surface area (TPSA) is 77.8 Å². The molecule has 2 aromatic carbocycles. The zero-order valence-corrected chi connectivity index (χ0v) is 12.4. The second-order valence-corrected chi connectivity index (χ2v) is 5.46. The lowest BCUT2D eigenvalue weighted by Gasteiger charge is -2.20. The fourth-order valence-electron chi connectivity index (χ4n) is 2.57. The number of fused-ring (bicyclic) bond motifs is 1. The first-order valence-electron chi connectivity index (χ1n) is 7.29. The molecule has 3 N–H and O–H groups in total. The van der Waals surface area contributed by atoms with E-state index in [4.69, 9.17) is 5.11 Å². The third-order valence-corrected chi connectivity index (χ3v) is 3.84. The minimum atomic E-state index is -0.960. The van der Waals surface area contributed by atoms with Gasteiger partial charge >= 0.3 is 5.97 Å². The Morgan fingerprint density at radius 3 is 2.55 bits per heavy atom. The van der Waals surface area contributed by atoms with E-state index in [2.05, 4.69) is 0 Å². The van der Waals surface area contributed by atoms with E-state index in [0.29, 0.717) is 12.8 Å². The van der Waals surface area contributed by atoms with E-state index in [1.807, 2.05) is 31.2 Å². The van der Waals surface area contributed by atoms with E-state index in [1.165, 1.54) is 0 Å². The van der Waals surface area contributed by atoms with Gasteiger partial charge in [-0.25, -0.2) is 4.79 Å². The SMILES string of the molecule is C[C@H](CC/C=C/C(=O)O)[C@@H](O)c1ccc(O)c2ccccc12. The summed E-state index contributed by atoms with van der Waals surface area (Å²) in [5, 5.41) is 30.6. The Hall–Kier alpha value is -2.33. The maximum absolute atomic E-state index is 10.6. The Kier molecular flexibility index (Phi) is 5.17. The Morgan fingerprint density at radius 2 is 1.86 bits per heavy atom. The van der Waals surface area contributed by atoms with Crippen LogP contribution in [0.3, 0.4) is 0 Å². The van der Waals surface area contributed by atoms with E-state index in [0.717, 1.165) is 22.4 Å². The highest BCUT2D eigenvalue weighted by Gasteiger charge is 2.18. The average molecular weight is 300 g/mol. The molecule has 0 aliphatic heterocycles. The molecule has 4 nitrogen and oxygen atoms in total. The Labute approximate surface area is 129 Å². The van der Waals surface area contributed by atoms with Crippen LogP contribution in [0.15, 0.2) is 48.6 Å². The van der Waals surface area contributed by atoms with Gasteiger partial charge in [-0.05, 0) is 35.8 Å². The maximum Gasteiger partial charge on any atom is 0.327 e. The molecule has 22 heavy (non-hydrogen) atoms. The van der Waals surface area contributed by atoms with Gasteiger partial charge < -0.3 is 15.3 Å². The van der Waals surface area contributed by atoms with Crippen LogP contribution in [-0.2, 0) is 4.79 Å². The van der Waals surface area contributed by atoms with Crippen molar-refractivity contribution < 1.29 is 20.1 Å². The summed E-state index contributed by atoms with van der Waals surface area (Å²) < 4.78 is 0. The minimum absolute atomic E-state index is 0.0219. The van der Waals surface area contributed by atoms with E-state index in [1.54, 1.807) is 18.2 Å². The zero-order chi connectivity index (χ0) is 16.1. The Balaban J connectivity index is 2.17. The van der Waals surface area contributed by atoms with E-state index < -0.39 is 12.1 Å². The molecule has 2 aromatic rings. The summed E-state index contributed by atoms with van der Waals surface area (Å²) in [5.41, 5.74) is 0.781. The first-order valence-corrected chi connectivity index (χ1v) is 7.29.